The second-order valence-corrected chi connectivity index (χ2v) is 3.19. The molecule has 0 spiro atoms. The summed E-state index contributed by atoms with van der Waals surface area (Å²) < 4.78 is 0. The third-order valence-corrected chi connectivity index (χ3v) is 2.39. The maximum Gasteiger partial charge on any atom is 0.145 e. The first kappa shape index (κ1) is 10.3. The third kappa shape index (κ3) is 1.37. The number of fused-ring (bicyclic) bond motifs is 3. The third-order valence-electron chi connectivity index (χ3n) is 2.39. The number of pyridine rings is 1. The summed E-state index contributed by atoms with van der Waals surface area (Å²) in [5.74, 6) is 0.0555. The molecule has 15 heavy (non-hydrogen) atoms. The number of benzene rings is 1. The molecule has 0 aliphatic heterocycles. The van der Waals surface area contributed by atoms with Crippen molar-refractivity contribution >= 4 is 5.78 Å². The molecule has 2 nitrogen and oxygen atoms in total. The number of hydrogen-bond acceptors (Lipinski definition) is 2. The van der Waals surface area contributed by atoms with Crippen molar-refractivity contribution in [1.29, 1.82) is 0 Å². The Balaban J connectivity index is 0.000000853. The van der Waals surface area contributed by atoms with Gasteiger partial charge in [-0.05, 0) is 17.3 Å². The van der Waals surface area contributed by atoms with Crippen LogP contribution < -0.4 is 0 Å². The van der Waals surface area contributed by atoms with E-state index >= 15 is 0 Å². The maximum atomic E-state index is 11.8. The monoisotopic (exact) mass is 375 g/mol. The molecule has 1 aromatic heterocycles. The van der Waals surface area contributed by atoms with Gasteiger partial charge in [0, 0.05) is 27.3 Å². The second-order valence-electron chi connectivity index (χ2n) is 3.19. The average Bonchev–Trinajstić information content (AvgIpc) is 2.55. The van der Waals surface area contributed by atoms with E-state index in [0.717, 1.165) is 11.3 Å². The summed E-state index contributed by atoms with van der Waals surface area (Å²) in [6.07, 6.45) is 1.70. The fourth-order valence-electron chi connectivity index (χ4n) is 1.75. The quantitative estimate of drug-likeness (QED) is 0.564. The predicted octanol–water partition coefficient (Wildman–Crippen LogP) is 2.09. The van der Waals surface area contributed by atoms with Crippen LogP contribution in [-0.4, -0.2) is 10.8 Å². The van der Waals surface area contributed by atoms with E-state index < -0.39 is 0 Å². The number of rotatable bonds is 0. The zero-order valence-electron chi connectivity index (χ0n) is 7.64. The molecule has 0 unspecified atom stereocenters. The van der Waals surface area contributed by atoms with Gasteiger partial charge in [-0.15, -0.1) is 29.8 Å². The Morgan fingerprint density at radius 1 is 1.13 bits per heavy atom. The van der Waals surface area contributed by atoms with Gasteiger partial charge in [0.1, 0.15) is 5.78 Å². The molecule has 2 aromatic rings. The van der Waals surface area contributed by atoms with Crippen LogP contribution in [0, 0.1) is 6.07 Å². The minimum atomic E-state index is 0. The van der Waals surface area contributed by atoms with Crippen LogP contribution >= 0.6 is 0 Å². The fourth-order valence-corrected chi connectivity index (χ4v) is 1.75. The summed E-state index contributed by atoms with van der Waals surface area (Å²) in [5.41, 5.74) is 2.98. The van der Waals surface area contributed by atoms with E-state index in [-0.39, 0.29) is 26.8 Å². The van der Waals surface area contributed by atoms with E-state index in [4.69, 9.17) is 0 Å². The summed E-state index contributed by atoms with van der Waals surface area (Å²) in [6.45, 7) is 0. The standard InChI is InChI=1S/C12H6NO.Pt/c14-12-9-5-2-1-4-8(9)11-10(12)6-3-7-13-11;/h1-3,5-7H;/q-1;. The van der Waals surface area contributed by atoms with Gasteiger partial charge in [-0.1, -0.05) is 11.6 Å². The van der Waals surface area contributed by atoms with E-state index in [1.807, 2.05) is 12.1 Å². The Morgan fingerprint density at radius 2 is 1.93 bits per heavy atom. The first-order valence-corrected chi connectivity index (χ1v) is 4.39. The Kier molecular flexibility index (Phi) is 2.53. The Labute approximate surface area is 102 Å². The molecule has 1 heterocycles. The molecule has 0 amide bonds. The molecule has 0 saturated carbocycles. The fraction of sp³-hybridized carbons (Fsp3) is 0. The van der Waals surface area contributed by atoms with Gasteiger partial charge in [0.05, 0.1) is 0 Å². The van der Waals surface area contributed by atoms with Crippen LogP contribution in [0.5, 0.6) is 0 Å². The van der Waals surface area contributed by atoms with E-state index in [1.165, 1.54) is 0 Å². The van der Waals surface area contributed by atoms with E-state index in [2.05, 4.69) is 11.1 Å². The van der Waals surface area contributed by atoms with Gasteiger partial charge < -0.3 is 9.78 Å². The molecule has 0 radical (unpaired) electrons. The first-order valence-electron chi connectivity index (χ1n) is 4.39. The average molecular weight is 375 g/mol. The Hall–Kier alpha value is -1.27. The molecule has 3 rings (SSSR count). The molecule has 0 saturated heterocycles. The molecule has 0 atom stereocenters. The van der Waals surface area contributed by atoms with Crippen LogP contribution in [0.2, 0.25) is 0 Å². The van der Waals surface area contributed by atoms with Crippen molar-refractivity contribution < 1.29 is 25.9 Å². The van der Waals surface area contributed by atoms with E-state index in [0.29, 0.717) is 11.1 Å². The van der Waals surface area contributed by atoms with Gasteiger partial charge >= 0.3 is 0 Å². The molecular weight excluding hydrogens is 369 g/mol. The maximum absolute atomic E-state index is 11.8. The molecule has 0 N–H and O–H groups in total. The van der Waals surface area contributed by atoms with Crippen molar-refractivity contribution in [1.82, 2.24) is 4.98 Å². The largest absolute Gasteiger partial charge is 0.304 e. The van der Waals surface area contributed by atoms with Crippen molar-refractivity contribution in [2.24, 2.45) is 0 Å². The zero-order valence-corrected chi connectivity index (χ0v) is 9.91. The number of carbonyl (C=O) groups excluding carboxylic acids is 1. The zero-order chi connectivity index (χ0) is 9.54. The van der Waals surface area contributed by atoms with Crippen molar-refractivity contribution in [3.05, 3.63) is 53.7 Å². The normalized spacial score (nSPS) is 11.6. The van der Waals surface area contributed by atoms with Crippen LogP contribution in [0.3, 0.4) is 0 Å². The topological polar surface area (TPSA) is 30.0 Å². The number of hydrogen-bond donors (Lipinski definition) is 0. The van der Waals surface area contributed by atoms with Gasteiger partial charge in [-0.3, -0.25) is 0 Å². The Morgan fingerprint density at radius 3 is 2.80 bits per heavy atom. The van der Waals surface area contributed by atoms with Crippen molar-refractivity contribution in [3.63, 3.8) is 0 Å². The van der Waals surface area contributed by atoms with Crippen molar-refractivity contribution in [2.75, 3.05) is 0 Å². The van der Waals surface area contributed by atoms with Gasteiger partial charge in [0.15, 0.2) is 0 Å². The van der Waals surface area contributed by atoms with E-state index in [1.54, 1.807) is 24.4 Å². The molecule has 3 heteroatoms. The van der Waals surface area contributed by atoms with Crippen LogP contribution in [0.4, 0.5) is 0 Å². The van der Waals surface area contributed by atoms with Gasteiger partial charge in [-0.25, -0.2) is 0 Å². The minimum absolute atomic E-state index is 0. The molecule has 1 aliphatic carbocycles. The van der Waals surface area contributed by atoms with Gasteiger partial charge in [0.2, 0.25) is 0 Å². The Bertz CT molecular complexity index is 489. The minimum Gasteiger partial charge on any atom is -0.304 e. The number of aromatic nitrogens is 1. The molecule has 76 valence electrons. The van der Waals surface area contributed by atoms with E-state index in [9.17, 15) is 4.79 Å². The molecule has 1 aliphatic rings. The van der Waals surface area contributed by atoms with Gasteiger partial charge in [0.25, 0.3) is 0 Å². The summed E-state index contributed by atoms with van der Waals surface area (Å²) >= 11 is 0. The van der Waals surface area contributed by atoms with Crippen molar-refractivity contribution in [3.8, 4) is 11.3 Å². The van der Waals surface area contributed by atoms with Crippen LogP contribution in [0.15, 0.2) is 36.5 Å². The molecule has 0 fully saturated rings. The molecule has 0 bridgehead atoms. The summed E-state index contributed by atoms with van der Waals surface area (Å²) in [4.78, 5) is 16.0. The van der Waals surface area contributed by atoms with Crippen molar-refractivity contribution in [2.45, 2.75) is 0 Å². The van der Waals surface area contributed by atoms with Crippen LogP contribution in [0.1, 0.15) is 15.9 Å². The van der Waals surface area contributed by atoms with Gasteiger partial charge in [-0.2, -0.15) is 0 Å². The summed E-state index contributed by atoms with van der Waals surface area (Å²) in [5, 5.41) is 0. The summed E-state index contributed by atoms with van der Waals surface area (Å²) in [6, 6.07) is 12.1. The number of ketones is 1. The second kappa shape index (κ2) is 3.71. The predicted molar refractivity (Wildman–Crippen MR) is 51.9 cm³/mol. The SMILES string of the molecule is O=C1c2ccc[c-]c2-c2ncccc21.[Pt]. The first-order chi connectivity index (χ1) is 6.88. The summed E-state index contributed by atoms with van der Waals surface area (Å²) in [7, 11) is 0. The van der Waals surface area contributed by atoms with Crippen LogP contribution in [0.25, 0.3) is 11.3 Å². The van der Waals surface area contributed by atoms with Crippen LogP contribution in [-0.2, 0) is 21.1 Å². The smallest absolute Gasteiger partial charge is 0.145 e. The number of carbonyl (C=O) groups is 1. The number of nitrogens with zero attached hydrogens (tertiary/aromatic N) is 1. The molecular formula is C12H6NOPt-. The molecule has 1 aromatic carbocycles.